The molecule has 1 amide bonds. The van der Waals surface area contributed by atoms with E-state index in [4.69, 9.17) is 10.5 Å². The third kappa shape index (κ3) is 5.02. The van der Waals surface area contributed by atoms with Gasteiger partial charge in [0, 0.05) is 6.54 Å². The fourth-order valence-corrected chi connectivity index (χ4v) is 2.33. The summed E-state index contributed by atoms with van der Waals surface area (Å²) in [6.45, 7) is 8.27. The van der Waals surface area contributed by atoms with Crippen molar-refractivity contribution >= 4 is 5.91 Å². The molecule has 0 heterocycles. The predicted octanol–water partition coefficient (Wildman–Crippen LogP) is 1.54. The zero-order chi connectivity index (χ0) is 15.8. The van der Waals surface area contributed by atoms with E-state index in [-0.39, 0.29) is 11.9 Å². The second kappa shape index (κ2) is 8.64. The highest BCUT2D eigenvalue weighted by Gasteiger charge is 2.20. The molecule has 118 valence electrons. The maximum atomic E-state index is 11.7. The van der Waals surface area contributed by atoms with E-state index in [1.165, 1.54) is 0 Å². The van der Waals surface area contributed by atoms with Gasteiger partial charge in [0.1, 0.15) is 5.75 Å². The third-order valence-electron chi connectivity index (χ3n) is 3.61. The van der Waals surface area contributed by atoms with E-state index in [0.29, 0.717) is 6.54 Å². The lowest BCUT2D eigenvalue weighted by Gasteiger charge is -2.30. The van der Waals surface area contributed by atoms with Crippen molar-refractivity contribution < 1.29 is 9.53 Å². The molecule has 1 rings (SSSR count). The third-order valence-corrected chi connectivity index (χ3v) is 3.61. The Morgan fingerprint density at radius 2 is 2.05 bits per heavy atom. The number of methoxy groups -OCH3 is 1. The highest BCUT2D eigenvalue weighted by molar-refractivity contribution is 5.80. The Balaban J connectivity index is 2.93. The van der Waals surface area contributed by atoms with Gasteiger partial charge < -0.3 is 15.8 Å². The molecule has 0 aliphatic heterocycles. The van der Waals surface area contributed by atoms with Crippen molar-refractivity contribution in [3.05, 3.63) is 29.8 Å². The van der Waals surface area contributed by atoms with E-state index in [1.807, 2.05) is 18.2 Å². The van der Waals surface area contributed by atoms with Crippen LogP contribution in [0.5, 0.6) is 5.75 Å². The molecule has 0 fully saturated rings. The Morgan fingerprint density at radius 1 is 1.38 bits per heavy atom. The first-order chi connectivity index (χ1) is 10.0. The molecule has 1 unspecified atom stereocenters. The average Bonchev–Trinajstić information content (AvgIpc) is 2.51. The smallest absolute Gasteiger partial charge is 0.236 e. The van der Waals surface area contributed by atoms with Gasteiger partial charge in [-0.05, 0) is 37.7 Å². The summed E-state index contributed by atoms with van der Waals surface area (Å²) in [5, 5.41) is 2.92. The monoisotopic (exact) mass is 293 g/mol. The van der Waals surface area contributed by atoms with Gasteiger partial charge in [-0.25, -0.2) is 0 Å². The molecule has 21 heavy (non-hydrogen) atoms. The molecule has 3 N–H and O–H groups in total. The highest BCUT2D eigenvalue weighted by atomic mass is 16.5. The van der Waals surface area contributed by atoms with Crippen molar-refractivity contribution in [3.63, 3.8) is 0 Å². The van der Waals surface area contributed by atoms with Crippen LogP contribution in [0.4, 0.5) is 0 Å². The van der Waals surface area contributed by atoms with Gasteiger partial charge in [-0.15, -0.1) is 0 Å². The van der Waals surface area contributed by atoms with Crippen LogP contribution in [-0.2, 0) is 4.79 Å². The van der Waals surface area contributed by atoms with Gasteiger partial charge in [0.25, 0.3) is 0 Å². The Labute approximate surface area is 127 Å². The predicted molar refractivity (Wildman–Crippen MR) is 85.3 cm³/mol. The SMILES string of the molecule is CCN(CC)C(CNC(=O)[C@@H](C)N)c1cccc(OC)c1. The summed E-state index contributed by atoms with van der Waals surface area (Å²) < 4.78 is 5.29. The van der Waals surface area contributed by atoms with E-state index in [9.17, 15) is 4.79 Å². The van der Waals surface area contributed by atoms with Gasteiger partial charge in [0.2, 0.25) is 5.91 Å². The zero-order valence-corrected chi connectivity index (χ0v) is 13.4. The van der Waals surface area contributed by atoms with Crippen molar-refractivity contribution in [1.82, 2.24) is 10.2 Å². The van der Waals surface area contributed by atoms with Gasteiger partial charge >= 0.3 is 0 Å². The summed E-state index contributed by atoms with van der Waals surface area (Å²) >= 11 is 0. The number of nitrogens with two attached hydrogens (primary N) is 1. The van der Waals surface area contributed by atoms with Crippen LogP contribution in [-0.4, -0.2) is 43.6 Å². The van der Waals surface area contributed by atoms with Crippen molar-refractivity contribution in [3.8, 4) is 5.75 Å². The second-order valence-corrected chi connectivity index (χ2v) is 5.05. The largest absolute Gasteiger partial charge is 0.497 e. The quantitative estimate of drug-likeness (QED) is 0.763. The van der Waals surface area contributed by atoms with Crippen molar-refractivity contribution in [2.75, 3.05) is 26.7 Å². The molecule has 0 bridgehead atoms. The van der Waals surface area contributed by atoms with Crippen LogP contribution in [0.2, 0.25) is 0 Å². The number of rotatable bonds is 8. The minimum absolute atomic E-state index is 0.109. The van der Waals surface area contributed by atoms with Crippen LogP contribution in [0.15, 0.2) is 24.3 Å². The Bertz CT molecular complexity index is 445. The van der Waals surface area contributed by atoms with Gasteiger partial charge in [-0.3, -0.25) is 9.69 Å². The fraction of sp³-hybridized carbons (Fsp3) is 0.562. The minimum Gasteiger partial charge on any atom is -0.497 e. The summed E-state index contributed by atoms with van der Waals surface area (Å²) in [5.41, 5.74) is 6.73. The Kier molecular flexibility index (Phi) is 7.19. The van der Waals surface area contributed by atoms with E-state index < -0.39 is 6.04 Å². The summed E-state index contributed by atoms with van der Waals surface area (Å²) in [7, 11) is 1.66. The van der Waals surface area contributed by atoms with E-state index in [1.54, 1.807) is 14.0 Å². The number of likely N-dealkylation sites (N-methyl/N-ethyl adjacent to an activating group) is 1. The number of nitrogens with zero attached hydrogens (tertiary/aromatic N) is 1. The molecular formula is C16H27N3O2. The van der Waals surface area contributed by atoms with E-state index >= 15 is 0 Å². The van der Waals surface area contributed by atoms with E-state index in [0.717, 1.165) is 24.4 Å². The van der Waals surface area contributed by atoms with Crippen molar-refractivity contribution in [2.45, 2.75) is 32.9 Å². The van der Waals surface area contributed by atoms with Crippen molar-refractivity contribution in [1.29, 1.82) is 0 Å². The van der Waals surface area contributed by atoms with Crippen LogP contribution in [0.1, 0.15) is 32.4 Å². The number of hydrogen-bond donors (Lipinski definition) is 2. The molecule has 5 nitrogen and oxygen atoms in total. The number of amides is 1. The normalized spacial score (nSPS) is 13.8. The van der Waals surface area contributed by atoms with Crippen LogP contribution in [0, 0.1) is 0 Å². The molecule has 0 saturated carbocycles. The molecule has 5 heteroatoms. The topological polar surface area (TPSA) is 67.6 Å². The zero-order valence-electron chi connectivity index (χ0n) is 13.4. The summed E-state index contributed by atoms with van der Waals surface area (Å²) in [6.07, 6.45) is 0. The second-order valence-electron chi connectivity index (χ2n) is 5.05. The number of ether oxygens (including phenoxy) is 1. The number of carbonyl (C=O) groups excluding carboxylic acids is 1. The number of hydrogen-bond acceptors (Lipinski definition) is 4. The van der Waals surface area contributed by atoms with Gasteiger partial charge in [-0.1, -0.05) is 26.0 Å². The van der Waals surface area contributed by atoms with Crippen LogP contribution in [0.25, 0.3) is 0 Å². The summed E-state index contributed by atoms with van der Waals surface area (Å²) in [4.78, 5) is 14.0. The van der Waals surface area contributed by atoms with Crippen molar-refractivity contribution in [2.24, 2.45) is 5.73 Å². The van der Waals surface area contributed by atoms with E-state index in [2.05, 4.69) is 30.1 Å². The number of nitrogens with one attached hydrogen (secondary N) is 1. The average molecular weight is 293 g/mol. The first kappa shape index (κ1) is 17.5. The van der Waals surface area contributed by atoms with Crippen LogP contribution >= 0.6 is 0 Å². The molecule has 0 aromatic heterocycles. The number of benzene rings is 1. The maximum absolute atomic E-state index is 11.7. The lowest BCUT2D eigenvalue weighted by Crippen LogP contribution is -2.43. The molecule has 0 spiro atoms. The molecule has 0 radical (unpaired) electrons. The van der Waals surface area contributed by atoms with Gasteiger partial charge in [0.05, 0.1) is 19.2 Å². The lowest BCUT2D eigenvalue weighted by atomic mass is 10.0. The Morgan fingerprint density at radius 3 is 2.57 bits per heavy atom. The molecule has 1 aromatic carbocycles. The molecule has 0 aliphatic carbocycles. The number of carbonyl (C=O) groups is 1. The molecule has 0 aliphatic rings. The van der Waals surface area contributed by atoms with Crippen LogP contribution in [0.3, 0.4) is 0 Å². The molecule has 1 aromatic rings. The molecule has 2 atom stereocenters. The lowest BCUT2D eigenvalue weighted by molar-refractivity contribution is -0.122. The van der Waals surface area contributed by atoms with Gasteiger partial charge in [0.15, 0.2) is 0 Å². The first-order valence-electron chi connectivity index (χ1n) is 7.44. The molecule has 0 saturated heterocycles. The maximum Gasteiger partial charge on any atom is 0.236 e. The Hall–Kier alpha value is -1.59. The summed E-state index contributed by atoms with van der Waals surface area (Å²) in [6, 6.07) is 7.58. The van der Waals surface area contributed by atoms with Gasteiger partial charge in [-0.2, -0.15) is 0 Å². The van der Waals surface area contributed by atoms with Crippen LogP contribution < -0.4 is 15.8 Å². The first-order valence-corrected chi connectivity index (χ1v) is 7.44. The highest BCUT2D eigenvalue weighted by Crippen LogP contribution is 2.23. The molecular weight excluding hydrogens is 266 g/mol. The standard InChI is InChI=1S/C16H27N3O2/c1-5-19(6-2)15(11-18-16(20)12(3)17)13-8-7-9-14(10-13)21-4/h7-10,12,15H,5-6,11,17H2,1-4H3,(H,18,20)/t12-,15?/m1/s1. The fourth-order valence-electron chi connectivity index (χ4n) is 2.33. The summed E-state index contributed by atoms with van der Waals surface area (Å²) in [5.74, 6) is 0.693. The minimum atomic E-state index is -0.493.